The number of carbonyl (C=O) groups excluding carboxylic acids is 1. The van der Waals surface area contributed by atoms with Gasteiger partial charge in [0.2, 0.25) is 5.82 Å². The fourth-order valence-electron chi connectivity index (χ4n) is 3.70. The first-order valence-electron chi connectivity index (χ1n) is 9.04. The maximum absolute atomic E-state index is 12.6. The van der Waals surface area contributed by atoms with Gasteiger partial charge in [-0.1, -0.05) is 24.3 Å². The van der Waals surface area contributed by atoms with E-state index in [1.54, 1.807) is 7.11 Å². The lowest BCUT2D eigenvalue weighted by Gasteiger charge is -2.17. The number of para-hydroxylation sites is 1. The number of ether oxygens (including phenoxy) is 1. The lowest BCUT2D eigenvalue weighted by atomic mass is 9.93. The molecule has 1 atom stereocenters. The highest BCUT2D eigenvalue weighted by Crippen LogP contribution is 2.31. The normalized spacial score (nSPS) is 16.5. The summed E-state index contributed by atoms with van der Waals surface area (Å²) >= 11 is 0. The third kappa shape index (κ3) is 2.61. The van der Waals surface area contributed by atoms with Crippen LogP contribution in [0, 0.1) is 0 Å². The number of amides is 1. The predicted molar refractivity (Wildman–Crippen MR) is 102 cm³/mol. The maximum atomic E-state index is 12.6. The fourth-order valence-corrected chi connectivity index (χ4v) is 3.70. The van der Waals surface area contributed by atoms with Crippen LogP contribution in [0.1, 0.15) is 27.7 Å². The molecule has 4 aromatic rings. The van der Waals surface area contributed by atoms with Crippen LogP contribution in [0.15, 0.2) is 48.7 Å². The number of carbonyl (C=O) groups is 1. The zero-order valence-corrected chi connectivity index (χ0v) is 15.2. The molecule has 3 aromatic heterocycles. The number of pyridine rings is 1. The maximum Gasteiger partial charge on any atom is 0.271 e. The number of aromatic nitrogens is 5. The molecule has 2 N–H and O–H groups in total. The topological polar surface area (TPSA) is 97.2 Å². The summed E-state index contributed by atoms with van der Waals surface area (Å²) in [4.78, 5) is 20.4. The van der Waals surface area contributed by atoms with Crippen LogP contribution in [0.25, 0.3) is 17.3 Å². The number of rotatable bonds is 3. The Morgan fingerprint density at radius 3 is 2.89 bits per heavy atom. The first-order chi connectivity index (χ1) is 13.7. The van der Waals surface area contributed by atoms with Gasteiger partial charge in [0.25, 0.3) is 5.91 Å². The van der Waals surface area contributed by atoms with Crippen LogP contribution in [-0.4, -0.2) is 44.1 Å². The number of nitrogens with zero attached hydrogens (tertiary/aromatic N) is 4. The van der Waals surface area contributed by atoms with Gasteiger partial charge in [0.15, 0.2) is 11.5 Å². The Kier molecular flexibility index (Phi) is 3.82. The Morgan fingerprint density at radius 2 is 2.00 bits per heavy atom. The molecule has 0 radical (unpaired) electrons. The molecule has 140 valence electrons. The van der Waals surface area contributed by atoms with Crippen LogP contribution in [-0.2, 0) is 6.42 Å². The van der Waals surface area contributed by atoms with E-state index in [-0.39, 0.29) is 11.8 Å². The zero-order valence-electron chi connectivity index (χ0n) is 15.2. The van der Waals surface area contributed by atoms with E-state index in [1.807, 2.05) is 53.1 Å². The fraction of sp³-hybridized carbons (Fsp3) is 0.200. The molecule has 0 saturated carbocycles. The van der Waals surface area contributed by atoms with Crippen LogP contribution in [0.3, 0.4) is 0 Å². The smallest absolute Gasteiger partial charge is 0.271 e. The predicted octanol–water partition coefficient (Wildman–Crippen LogP) is 2.20. The average Bonchev–Trinajstić information content (AvgIpc) is 3.31. The number of hydrogen-bond acceptors (Lipinski definition) is 5. The summed E-state index contributed by atoms with van der Waals surface area (Å²) < 4.78 is 7.35. The molecule has 1 aliphatic rings. The summed E-state index contributed by atoms with van der Waals surface area (Å²) in [7, 11) is 1.66. The van der Waals surface area contributed by atoms with E-state index >= 15 is 0 Å². The summed E-state index contributed by atoms with van der Waals surface area (Å²) in [5, 5.41) is 11.4. The van der Waals surface area contributed by atoms with E-state index in [1.165, 1.54) is 0 Å². The second-order valence-electron chi connectivity index (χ2n) is 6.72. The van der Waals surface area contributed by atoms with Crippen LogP contribution < -0.4 is 10.1 Å². The van der Waals surface area contributed by atoms with Gasteiger partial charge in [-0.2, -0.15) is 0 Å². The first kappa shape index (κ1) is 16.5. The average molecular weight is 374 g/mol. The molecule has 1 unspecified atom stereocenters. The molecule has 4 heterocycles. The van der Waals surface area contributed by atoms with Crippen molar-refractivity contribution < 1.29 is 9.53 Å². The Hall–Kier alpha value is -3.68. The van der Waals surface area contributed by atoms with Gasteiger partial charge in [-0.15, -0.1) is 10.2 Å². The van der Waals surface area contributed by atoms with Crippen molar-refractivity contribution in [3.63, 3.8) is 0 Å². The molecular weight excluding hydrogens is 356 g/mol. The number of nitrogens with one attached hydrogen (secondary N) is 2. The van der Waals surface area contributed by atoms with Crippen molar-refractivity contribution in [2.75, 3.05) is 13.7 Å². The van der Waals surface area contributed by atoms with E-state index in [9.17, 15) is 4.79 Å². The highest BCUT2D eigenvalue weighted by molar-refractivity contribution is 5.94. The second kappa shape index (κ2) is 6.49. The van der Waals surface area contributed by atoms with Crippen molar-refractivity contribution in [2.24, 2.45) is 0 Å². The van der Waals surface area contributed by atoms with Gasteiger partial charge in [0.05, 0.1) is 7.11 Å². The molecular formula is C20H18N6O2. The molecule has 8 nitrogen and oxygen atoms in total. The summed E-state index contributed by atoms with van der Waals surface area (Å²) in [5.41, 5.74) is 2.97. The second-order valence-corrected chi connectivity index (χ2v) is 6.72. The number of fused-ring (bicyclic) bond motifs is 2. The molecule has 1 aromatic carbocycles. The highest BCUT2D eigenvalue weighted by Gasteiger charge is 2.28. The van der Waals surface area contributed by atoms with Gasteiger partial charge in [0, 0.05) is 24.4 Å². The minimum absolute atomic E-state index is 0.0739. The van der Waals surface area contributed by atoms with Crippen LogP contribution >= 0.6 is 0 Å². The van der Waals surface area contributed by atoms with E-state index in [0.717, 1.165) is 22.7 Å². The Balaban J connectivity index is 1.56. The third-order valence-electron chi connectivity index (χ3n) is 5.06. The molecule has 0 saturated heterocycles. The van der Waals surface area contributed by atoms with Crippen molar-refractivity contribution in [3.8, 4) is 17.4 Å². The number of methoxy groups -OCH3 is 1. The Labute approximate surface area is 160 Å². The molecule has 1 aliphatic heterocycles. The minimum Gasteiger partial charge on any atom is -0.496 e. The van der Waals surface area contributed by atoms with E-state index < -0.39 is 0 Å². The highest BCUT2D eigenvalue weighted by atomic mass is 16.5. The van der Waals surface area contributed by atoms with E-state index in [4.69, 9.17) is 4.74 Å². The monoisotopic (exact) mass is 374 g/mol. The number of aromatic amines is 1. The van der Waals surface area contributed by atoms with E-state index in [0.29, 0.717) is 30.3 Å². The Bertz CT molecular complexity index is 1180. The quantitative estimate of drug-likeness (QED) is 0.573. The van der Waals surface area contributed by atoms with Crippen LogP contribution in [0.2, 0.25) is 0 Å². The van der Waals surface area contributed by atoms with Crippen molar-refractivity contribution in [3.05, 3.63) is 65.6 Å². The van der Waals surface area contributed by atoms with Gasteiger partial charge in [-0.3, -0.25) is 9.20 Å². The standard InChI is InChI=1S/C20H18N6O2/c1-28-15-7-3-2-6-13(15)12-10-14-17(20(27)21-11-12)23-18(22-14)19-25-24-16-8-4-5-9-26(16)19/h2-9,12H,10-11H2,1H3,(H,21,27)(H,22,23). The molecule has 5 rings (SSSR count). The number of hydrogen-bond donors (Lipinski definition) is 2. The lowest BCUT2D eigenvalue weighted by Crippen LogP contribution is -2.26. The van der Waals surface area contributed by atoms with Crippen molar-refractivity contribution in [2.45, 2.75) is 12.3 Å². The number of imidazole rings is 1. The molecule has 0 spiro atoms. The van der Waals surface area contributed by atoms with Crippen molar-refractivity contribution >= 4 is 11.6 Å². The zero-order chi connectivity index (χ0) is 19.1. The van der Waals surface area contributed by atoms with Crippen LogP contribution in [0.5, 0.6) is 5.75 Å². The SMILES string of the molecule is COc1ccccc1C1CNC(=O)c2nc(-c3nnc4ccccn34)[nH]c2C1. The summed E-state index contributed by atoms with van der Waals surface area (Å²) in [6.45, 7) is 0.520. The van der Waals surface area contributed by atoms with Gasteiger partial charge in [-0.25, -0.2) is 4.98 Å². The molecule has 8 heteroatoms. The van der Waals surface area contributed by atoms with Crippen LogP contribution in [0.4, 0.5) is 0 Å². The largest absolute Gasteiger partial charge is 0.496 e. The van der Waals surface area contributed by atoms with Gasteiger partial charge >= 0.3 is 0 Å². The summed E-state index contributed by atoms with van der Waals surface area (Å²) in [6, 6.07) is 13.6. The van der Waals surface area contributed by atoms with Gasteiger partial charge < -0.3 is 15.0 Å². The molecule has 28 heavy (non-hydrogen) atoms. The van der Waals surface area contributed by atoms with Gasteiger partial charge in [-0.05, 0) is 30.2 Å². The first-order valence-corrected chi connectivity index (χ1v) is 9.04. The Morgan fingerprint density at radius 1 is 1.14 bits per heavy atom. The number of benzene rings is 1. The summed E-state index contributed by atoms with van der Waals surface area (Å²) in [5.74, 6) is 1.80. The molecule has 0 fully saturated rings. The third-order valence-corrected chi connectivity index (χ3v) is 5.06. The van der Waals surface area contributed by atoms with Crippen molar-refractivity contribution in [1.29, 1.82) is 0 Å². The minimum atomic E-state index is -0.191. The summed E-state index contributed by atoms with van der Waals surface area (Å²) in [6.07, 6.45) is 2.51. The van der Waals surface area contributed by atoms with Gasteiger partial charge in [0.1, 0.15) is 11.4 Å². The molecule has 0 bridgehead atoms. The number of H-pyrrole nitrogens is 1. The lowest BCUT2D eigenvalue weighted by molar-refractivity contribution is 0.0950. The molecule has 0 aliphatic carbocycles. The van der Waals surface area contributed by atoms with E-state index in [2.05, 4.69) is 25.5 Å². The van der Waals surface area contributed by atoms with Crippen molar-refractivity contribution in [1.82, 2.24) is 29.9 Å². The molecule has 1 amide bonds.